The molecule has 8 nitrogen and oxygen atoms in total. The van der Waals surface area contributed by atoms with Gasteiger partial charge in [0.15, 0.2) is 0 Å². The van der Waals surface area contributed by atoms with E-state index in [9.17, 15) is 9.59 Å². The van der Waals surface area contributed by atoms with E-state index in [4.69, 9.17) is 21.8 Å². The summed E-state index contributed by atoms with van der Waals surface area (Å²) in [5, 5.41) is 6.66. The summed E-state index contributed by atoms with van der Waals surface area (Å²) in [6.45, 7) is 0. The summed E-state index contributed by atoms with van der Waals surface area (Å²) in [5.74, 6) is -0.449. The molecule has 1 aliphatic carbocycles. The first kappa shape index (κ1) is 27.7. The Kier molecular flexibility index (Phi) is 9.58. The van der Waals surface area contributed by atoms with Crippen LogP contribution in [-0.2, 0) is 4.79 Å². The number of benzene rings is 1. The molecule has 2 heterocycles. The van der Waals surface area contributed by atoms with Crippen molar-refractivity contribution in [1.29, 1.82) is 0 Å². The van der Waals surface area contributed by atoms with Crippen LogP contribution in [0.2, 0.25) is 5.02 Å². The molecule has 0 radical (unpaired) electrons. The molecule has 4 rings (SSSR count). The number of anilines is 3. The van der Waals surface area contributed by atoms with Crippen LogP contribution in [0.3, 0.4) is 0 Å². The summed E-state index contributed by atoms with van der Waals surface area (Å²) >= 11 is 5.86. The Morgan fingerprint density at radius 3 is 2.41 bits per heavy atom. The Labute approximate surface area is 215 Å². The molecule has 4 N–H and O–H groups in total. The van der Waals surface area contributed by atoms with Crippen molar-refractivity contribution in [3.63, 3.8) is 0 Å². The van der Waals surface area contributed by atoms with Gasteiger partial charge in [-0.25, -0.2) is 4.98 Å². The number of nitrogens with one attached hydrogen (secondary N) is 2. The van der Waals surface area contributed by atoms with Gasteiger partial charge in [0, 0.05) is 29.2 Å². The molecular formula is C23H28Cl3N5O3. The molecular weight excluding hydrogens is 501 g/mol. The van der Waals surface area contributed by atoms with Gasteiger partial charge < -0.3 is 25.7 Å². The smallest absolute Gasteiger partial charge is 0.294 e. The van der Waals surface area contributed by atoms with Gasteiger partial charge in [-0.1, -0.05) is 11.6 Å². The highest BCUT2D eigenvalue weighted by atomic mass is 35.5. The number of carbonyl (C=O) groups excluding carboxylic acids is 2. The summed E-state index contributed by atoms with van der Waals surface area (Å²) in [4.78, 5) is 32.4. The Morgan fingerprint density at radius 2 is 1.79 bits per heavy atom. The average molecular weight is 529 g/mol. The highest BCUT2D eigenvalue weighted by molar-refractivity contribution is 6.30. The van der Waals surface area contributed by atoms with Crippen LogP contribution in [0.4, 0.5) is 17.2 Å². The zero-order valence-electron chi connectivity index (χ0n) is 18.8. The van der Waals surface area contributed by atoms with Crippen molar-refractivity contribution >= 4 is 76.4 Å². The van der Waals surface area contributed by atoms with Crippen LogP contribution >= 0.6 is 36.4 Å². The van der Waals surface area contributed by atoms with Crippen molar-refractivity contribution < 1.29 is 14.0 Å². The lowest BCUT2D eigenvalue weighted by Crippen LogP contribution is -2.35. The Morgan fingerprint density at radius 1 is 1.09 bits per heavy atom. The fraction of sp³-hybridized carbons (Fsp3) is 0.348. The number of carbonyl (C=O) groups is 2. The molecule has 1 aromatic carbocycles. The molecule has 0 saturated heterocycles. The molecule has 0 aliphatic heterocycles. The Hall–Kier alpha value is -2.52. The maximum absolute atomic E-state index is 13.1. The first-order valence-electron chi connectivity index (χ1n) is 10.5. The minimum absolute atomic E-state index is 0. The third-order valence-corrected chi connectivity index (χ3v) is 6.16. The number of hydrogen-bond donors (Lipinski definition) is 3. The van der Waals surface area contributed by atoms with Gasteiger partial charge in [-0.2, -0.15) is 0 Å². The molecule has 11 heteroatoms. The number of pyridine rings is 1. The lowest BCUT2D eigenvalue weighted by Gasteiger charge is -2.31. The molecule has 0 atom stereocenters. The quantitative estimate of drug-likeness (QED) is 0.391. The molecule has 3 aromatic rings. The highest BCUT2D eigenvalue weighted by Crippen LogP contribution is 2.35. The van der Waals surface area contributed by atoms with Gasteiger partial charge in [-0.3, -0.25) is 9.59 Å². The van der Waals surface area contributed by atoms with E-state index < -0.39 is 5.91 Å². The number of amides is 2. The summed E-state index contributed by atoms with van der Waals surface area (Å²) in [6, 6.07) is 8.75. The van der Waals surface area contributed by atoms with E-state index >= 15 is 0 Å². The first-order valence-corrected chi connectivity index (χ1v) is 10.9. The monoisotopic (exact) mass is 527 g/mol. The van der Waals surface area contributed by atoms with E-state index in [1.165, 1.54) is 6.20 Å². The fourth-order valence-electron chi connectivity index (χ4n) is 4.10. The van der Waals surface area contributed by atoms with Gasteiger partial charge in [-0.15, -0.1) is 24.8 Å². The number of nitrogens with two attached hydrogens (primary N) is 1. The molecule has 2 aromatic heterocycles. The normalized spacial score (nSPS) is 17.5. The van der Waals surface area contributed by atoms with Crippen LogP contribution in [0.15, 0.2) is 40.9 Å². The number of nitrogens with zero attached hydrogens (tertiary/aromatic N) is 2. The number of halogens is 3. The van der Waals surface area contributed by atoms with E-state index in [1.807, 2.05) is 0 Å². The second-order valence-electron chi connectivity index (χ2n) is 8.34. The molecule has 1 fully saturated rings. The number of furan rings is 1. The van der Waals surface area contributed by atoms with Gasteiger partial charge in [0.05, 0.1) is 5.02 Å². The van der Waals surface area contributed by atoms with Crippen LogP contribution < -0.4 is 16.4 Å². The number of fused-ring (bicyclic) bond motifs is 1. The van der Waals surface area contributed by atoms with Gasteiger partial charge in [-0.05, 0) is 70.1 Å². The lowest BCUT2D eigenvalue weighted by molar-refractivity contribution is -0.121. The number of rotatable bonds is 5. The zero-order chi connectivity index (χ0) is 22.8. The van der Waals surface area contributed by atoms with E-state index in [0.29, 0.717) is 39.2 Å². The summed E-state index contributed by atoms with van der Waals surface area (Å²) in [7, 11) is 4.13. The van der Waals surface area contributed by atoms with Gasteiger partial charge in [0.2, 0.25) is 11.7 Å². The van der Waals surface area contributed by atoms with Crippen molar-refractivity contribution in [3.8, 4) is 0 Å². The van der Waals surface area contributed by atoms with E-state index in [1.54, 1.807) is 30.3 Å². The zero-order valence-corrected chi connectivity index (χ0v) is 21.2. The fourth-order valence-corrected chi connectivity index (χ4v) is 4.21. The van der Waals surface area contributed by atoms with Crippen LogP contribution in [0.1, 0.15) is 36.2 Å². The van der Waals surface area contributed by atoms with Crippen LogP contribution in [0.25, 0.3) is 11.0 Å². The van der Waals surface area contributed by atoms with E-state index in [0.717, 1.165) is 25.7 Å². The minimum atomic E-state index is -0.527. The van der Waals surface area contributed by atoms with Gasteiger partial charge >= 0.3 is 0 Å². The van der Waals surface area contributed by atoms with Crippen LogP contribution in [0, 0.1) is 5.92 Å². The second kappa shape index (κ2) is 11.8. The van der Waals surface area contributed by atoms with Crippen LogP contribution in [0.5, 0.6) is 0 Å². The summed E-state index contributed by atoms with van der Waals surface area (Å²) in [5.41, 5.74) is 7.23. The third-order valence-electron chi connectivity index (χ3n) is 5.93. The predicted molar refractivity (Wildman–Crippen MR) is 140 cm³/mol. The molecule has 34 heavy (non-hydrogen) atoms. The Bertz CT molecular complexity index is 1140. The number of nitrogen functional groups attached to an aromatic ring is 1. The van der Waals surface area contributed by atoms with E-state index in [-0.39, 0.29) is 42.4 Å². The maximum atomic E-state index is 13.1. The molecule has 2 amide bonds. The lowest BCUT2D eigenvalue weighted by atomic mass is 9.85. The number of hydrogen-bond acceptors (Lipinski definition) is 6. The van der Waals surface area contributed by atoms with Crippen molar-refractivity contribution in [3.05, 3.63) is 47.3 Å². The third kappa shape index (κ3) is 6.13. The SMILES string of the molecule is CN(C)C1CCC(C(=O)Nc2c(C(=O)Nc3ccc(Cl)cn3)oc3ccc(N)cc23)CC1.Cl.Cl. The minimum Gasteiger partial charge on any atom is -0.449 e. The first-order chi connectivity index (χ1) is 15.3. The van der Waals surface area contributed by atoms with Crippen molar-refractivity contribution in [2.75, 3.05) is 30.5 Å². The van der Waals surface area contributed by atoms with Crippen LogP contribution in [-0.4, -0.2) is 41.8 Å². The predicted octanol–water partition coefficient (Wildman–Crippen LogP) is 5.22. The largest absolute Gasteiger partial charge is 0.449 e. The molecule has 0 spiro atoms. The van der Waals surface area contributed by atoms with E-state index in [2.05, 4.69) is 34.6 Å². The van der Waals surface area contributed by atoms with Gasteiger partial charge in [0.1, 0.15) is 17.1 Å². The van der Waals surface area contributed by atoms with Crippen molar-refractivity contribution in [2.45, 2.75) is 31.7 Å². The average Bonchev–Trinajstić information content (AvgIpc) is 3.13. The van der Waals surface area contributed by atoms with Crippen molar-refractivity contribution in [1.82, 2.24) is 9.88 Å². The van der Waals surface area contributed by atoms with Crippen molar-refractivity contribution in [2.24, 2.45) is 5.92 Å². The molecule has 0 unspecified atom stereocenters. The topological polar surface area (TPSA) is 113 Å². The molecule has 1 saturated carbocycles. The Balaban J connectivity index is 0.00000204. The molecule has 1 aliphatic rings. The summed E-state index contributed by atoms with van der Waals surface area (Å²) in [6.07, 6.45) is 4.94. The molecule has 0 bridgehead atoms. The standard InChI is InChI=1S/C23H26ClN5O3.2ClH/c1-29(2)16-7-3-13(4-8-16)22(30)28-20-17-11-15(25)6-9-18(17)32-21(20)23(31)27-19-10-5-14(24)12-26-19;;/h5-6,9-13,16H,3-4,7-8,25H2,1-2H3,(H,28,30)(H,26,27,31);2*1H. The maximum Gasteiger partial charge on any atom is 0.294 e. The van der Waals surface area contributed by atoms with Gasteiger partial charge in [0.25, 0.3) is 5.91 Å². The summed E-state index contributed by atoms with van der Waals surface area (Å²) < 4.78 is 5.81. The highest BCUT2D eigenvalue weighted by Gasteiger charge is 2.30. The molecule has 184 valence electrons. The second-order valence-corrected chi connectivity index (χ2v) is 8.77. The number of aromatic nitrogens is 1.